The molecular weight excluding hydrogens is 202 g/mol. The van der Waals surface area contributed by atoms with Crippen molar-refractivity contribution in [2.45, 2.75) is 0 Å². The predicted octanol–water partition coefficient (Wildman–Crippen LogP) is -2.36. The molecule has 1 aromatic heterocycles. The first-order valence-electron chi connectivity index (χ1n) is 2.41. The molecule has 0 saturated heterocycles. The first-order chi connectivity index (χ1) is 5.96. The van der Waals surface area contributed by atoms with Crippen LogP contribution in [0.15, 0.2) is 6.33 Å². The molecule has 0 atom stereocenters. The van der Waals surface area contributed by atoms with E-state index in [1.807, 2.05) is 0 Å². The summed E-state index contributed by atoms with van der Waals surface area (Å²) >= 11 is 0. The van der Waals surface area contributed by atoms with Crippen molar-refractivity contribution in [1.82, 2.24) is 26.8 Å². The molecule has 0 aromatic carbocycles. The van der Waals surface area contributed by atoms with Crippen LogP contribution in [0.5, 0.6) is 0 Å². The molecule has 0 aliphatic heterocycles. The van der Waals surface area contributed by atoms with Gasteiger partial charge in [-0.1, -0.05) is 5.21 Å². The van der Waals surface area contributed by atoms with E-state index in [-0.39, 0.29) is 6.15 Å². The number of aromatic nitrogens is 4. The second-order valence-electron chi connectivity index (χ2n) is 1.13. The molecule has 0 fully saturated rings. The van der Waals surface area contributed by atoms with Crippen LogP contribution in [0.2, 0.25) is 0 Å². The van der Waals surface area contributed by atoms with Gasteiger partial charge in [0.2, 0.25) is 0 Å². The molecule has 1 aromatic rings. The maximum Gasteiger partial charge on any atom is 0.161 e. The number of tetrazole rings is 1. The van der Waals surface area contributed by atoms with Crippen LogP contribution in [0.25, 0.3) is 0 Å². The minimum Gasteiger partial charge on any atom is -0.344 e. The zero-order chi connectivity index (χ0) is 10.7. The number of nitro groups is 2. The Kier molecular flexibility index (Phi) is 16.3. The number of hydrogen-bond donors (Lipinski definition) is 4. The molecule has 1 heterocycles. The summed E-state index contributed by atoms with van der Waals surface area (Å²) in [6, 6.07) is 0. The third kappa shape index (κ3) is 113. The summed E-state index contributed by atoms with van der Waals surface area (Å²) in [6.45, 7) is 0. The molecule has 0 amide bonds. The average Bonchev–Trinajstić information content (AvgIpc) is 2.35. The third-order valence-corrected chi connectivity index (χ3v) is 0.270. The second kappa shape index (κ2) is 13.1. The largest absolute Gasteiger partial charge is 0.344 e. The van der Waals surface area contributed by atoms with Crippen molar-refractivity contribution in [3.8, 4) is 0 Å². The number of hydrazine groups is 2. The molecule has 8 N–H and O–H groups in total. The van der Waals surface area contributed by atoms with Crippen molar-refractivity contribution in [2.75, 3.05) is 0 Å². The topological polar surface area (TPSA) is 228 Å². The summed E-state index contributed by atoms with van der Waals surface area (Å²) in [5.74, 6) is 7.67. The van der Waals surface area contributed by atoms with E-state index < -0.39 is 10.1 Å². The van der Waals surface area contributed by atoms with Gasteiger partial charge in [0, 0.05) is 0 Å². The SMILES string of the molecule is N.N[N+](=O)[O-].N[N+](=O)[O-].c1nn[nH]n1. The van der Waals surface area contributed by atoms with E-state index in [4.69, 9.17) is 20.2 Å². The Morgan fingerprint density at radius 2 is 1.57 bits per heavy atom. The number of aromatic amines is 1. The van der Waals surface area contributed by atoms with Gasteiger partial charge in [0.15, 0.2) is 16.4 Å². The molecule has 13 nitrogen and oxygen atoms in total. The van der Waals surface area contributed by atoms with Crippen molar-refractivity contribution in [1.29, 1.82) is 0 Å². The molecule has 0 bridgehead atoms. The quantitative estimate of drug-likeness (QED) is 0.202. The Bertz CT molecular complexity index is 182. The second-order valence-corrected chi connectivity index (χ2v) is 1.13. The van der Waals surface area contributed by atoms with E-state index in [9.17, 15) is 0 Å². The number of rotatable bonds is 0. The van der Waals surface area contributed by atoms with Gasteiger partial charge in [-0.15, -0.1) is 10.2 Å². The van der Waals surface area contributed by atoms with Crippen molar-refractivity contribution < 1.29 is 10.1 Å². The van der Waals surface area contributed by atoms with Crippen molar-refractivity contribution in [2.24, 2.45) is 11.7 Å². The number of hydrogen-bond acceptors (Lipinski definition) is 8. The van der Waals surface area contributed by atoms with E-state index in [0.717, 1.165) is 0 Å². The standard InChI is InChI=1S/CH2N4.2H2N2O2.H3N/c1-2-4-5-3-1;2*1-2(3)4;/h1H,(H,2,3,4,5);2*1H2;1H3. The first kappa shape index (κ1) is 17.5. The van der Waals surface area contributed by atoms with Gasteiger partial charge in [0.25, 0.3) is 0 Å². The smallest absolute Gasteiger partial charge is 0.161 e. The van der Waals surface area contributed by atoms with Gasteiger partial charge in [0.1, 0.15) is 0 Å². The summed E-state index contributed by atoms with van der Waals surface area (Å²) in [4.78, 5) is 17.2. The lowest BCUT2D eigenvalue weighted by molar-refractivity contribution is -0.491. The number of nitrogens with zero attached hydrogens (tertiary/aromatic N) is 5. The molecule has 82 valence electrons. The minimum atomic E-state index is -1.00. The maximum absolute atomic E-state index is 8.58. The molecule has 0 aliphatic rings. The fourth-order valence-electron chi connectivity index (χ4n) is 0.129. The number of nitrogens with one attached hydrogen (secondary N) is 1. The Hall–Kier alpha value is -2.57. The van der Waals surface area contributed by atoms with Crippen LogP contribution in [0.4, 0.5) is 0 Å². The number of H-pyrrole nitrogens is 1. The highest BCUT2D eigenvalue weighted by Gasteiger charge is 1.58. The lowest BCUT2D eigenvalue weighted by atomic mass is 11.4. The average molecular weight is 211 g/mol. The van der Waals surface area contributed by atoms with Crippen LogP contribution in [0.1, 0.15) is 0 Å². The fraction of sp³-hybridized carbons (Fsp3) is 0. The molecule has 0 aliphatic carbocycles. The van der Waals surface area contributed by atoms with Crippen LogP contribution in [0.3, 0.4) is 0 Å². The summed E-state index contributed by atoms with van der Waals surface area (Å²) in [5, 5.41) is 27.3. The van der Waals surface area contributed by atoms with Crippen LogP contribution in [0, 0.1) is 20.2 Å². The number of nitrogens with two attached hydrogens (primary N) is 2. The Labute approximate surface area is 76.3 Å². The monoisotopic (exact) mass is 211 g/mol. The molecule has 0 spiro atoms. The molecule has 13 heteroatoms. The summed E-state index contributed by atoms with van der Waals surface area (Å²) < 4.78 is 0. The van der Waals surface area contributed by atoms with Gasteiger partial charge < -0.3 is 6.15 Å². The molecule has 0 saturated carbocycles. The van der Waals surface area contributed by atoms with Gasteiger partial charge in [0.05, 0.1) is 0 Å². The lowest BCUT2D eigenvalue weighted by Crippen LogP contribution is -2.04. The van der Waals surface area contributed by atoms with Gasteiger partial charge in [-0.05, 0) is 0 Å². The molecule has 0 radical (unpaired) electrons. The van der Waals surface area contributed by atoms with E-state index >= 15 is 0 Å². The fourth-order valence-corrected chi connectivity index (χ4v) is 0.129. The van der Waals surface area contributed by atoms with E-state index in [2.05, 4.69) is 32.3 Å². The lowest BCUT2D eigenvalue weighted by Gasteiger charge is -1.61. The van der Waals surface area contributed by atoms with Crippen molar-refractivity contribution in [3.63, 3.8) is 0 Å². The molecule has 14 heavy (non-hydrogen) atoms. The van der Waals surface area contributed by atoms with Crippen LogP contribution in [-0.4, -0.2) is 30.7 Å². The van der Waals surface area contributed by atoms with E-state index in [1.165, 1.54) is 6.33 Å². The van der Waals surface area contributed by atoms with Gasteiger partial charge in [-0.25, -0.2) is 20.2 Å². The first-order valence-corrected chi connectivity index (χ1v) is 2.41. The predicted molar refractivity (Wildman–Crippen MR) is 41.6 cm³/mol. The van der Waals surface area contributed by atoms with E-state index in [1.54, 1.807) is 0 Å². The maximum atomic E-state index is 8.58. The highest BCUT2D eigenvalue weighted by Crippen LogP contribution is 1.43. The highest BCUT2D eigenvalue weighted by molar-refractivity contribution is 4.24. The summed E-state index contributed by atoms with van der Waals surface area (Å²) in [5.41, 5.74) is 0. The third-order valence-electron chi connectivity index (χ3n) is 0.270. The molecule has 1 rings (SSSR count). The minimum absolute atomic E-state index is 0. The zero-order valence-electron chi connectivity index (χ0n) is 6.81. The van der Waals surface area contributed by atoms with Gasteiger partial charge >= 0.3 is 0 Å². The van der Waals surface area contributed by atoms with E-state index in [0.29, 0.717) is 0 Å². The van der Waals surface area contributed by atoms with Crippen molar-refractivity contribution in [3.05, 3.63) is 26.6 Å². The van der Waals surface area contributed by atoms with Gasteiger partial charge in [-0.3, -0.25) is 0 Å². The molecule has 0 unspecified atom stereocenters. The zero-order valence-corrected chi connectivity index (χ0v) is 6.81. The van der Waals surface area contributed by atoms with Crippen molar-refractivity contribution >= 4 is 0 Å². The van der Waals surface area contributed by atoms with Crippen LogP contribution >= 0.6 is 0 Å². The normalized spacial score (nSPS) is 6.29. The Morgan fingerprint density at radius 1 is 1.21 bits per heavy atom. The summed E-state index contributed by atoms with van der Waals surface area (Å²) in [7, 11) is 0. The Morgan fingerprint density at radius 3 is 1.64 bits per heavy atom. The highest BCUT2D eigenvalue weighted by atomic mass is 16.7. The summed E-state index contributed by atoms with van der Waals surface area (Å²) in [6.07, 6.45) is 1.33. The van der Waals surface area contributed by atoms with Crippen LogP contribution < -0.4 is 17.8 Å². The van der Waals surface area contributed by atoms with Crippen LogP contribution in [-0.2, 0) is 0 Å². The Balaban J connectivity index is -0.000000127. The van der Waals surface area contributed by atoms with Gasteiger partial charge in [-0.2, -0.15) is 16.9 Å². The molecular formula is CH9N9O4.